The molecule has 8 nitrogen and oxygen atoms in total. The van der Waals surface area contributed by atoms with Crippen LogP contribution in [0.2, 0.25) is 0 Å². The molecular formula is C7H4N2O6S. The van der Waals surface area contributed by atoms with Crippen molar-refractivity contribution in [2.45, 2.75) is 0 Å². The van der Waals surface area contributed by atoms with Crippen molar-refractivity contribution in [1.82, 2.24) is 0 Å². The number of hydrogen-bond donors (Lipinski definition) is 0. The molecule has 9 heteroatoms. The van der Waals surface area contributed by atoms with E-state index in [4.69, 9.17) is 0 Å². The average molecular weight is 244 g/mol. The minimum absolute atomic E-state index is 0.369. The number of nitrogens with zero attached hydrogens (tertiary/aromatic N) is 2. The first-order valence-corrected chi connectivity index (χ1v) is 4.80. The van der Waals surface area contributed by atoms with Crippen LogP contribution in [-0.2, 0) is 10.5 Å². The molecule has 0 atom stereocenters. The van der Waals surface area contributed by atoms with E-state index in [1.807, 2.05) is 0 Å². The number of nitro groups is 1. The lowest BCUT2D eigenvalue weighted by atomic mass is 10.3. The van der Waals surface area contributed by atoms with Crippen LogP contribution < -0.4 is 4.74 Å². The lowest BCUT2D eigenvalue weighted by Crippen LogP contribution is -2.03. The summed E-state index contributed by atoms with van der Waals surface area (Å²) in [5.74, 6) is -0.369. The van der Waals surface area contributed by atoms with Crippen molar-refractivity contribution >= 4 is 22.3 Å². The molecule has 0 saturated carbocycles. The smallest absolute Gasteiger partial charge is 0.401 e. The van der Waals surface area contributed by atoms with Crippen LogP contribution in [-0.4, -0.2) is 19.4 Å². The first-order chi connectivity index (χ1) is 7.50. The Hall–Kier alpha value is -2.29. The zero-order chi connectivity index (χ0) is 12.1. The lowest BCUT2D eigenvalue weighted by molar-refractivity contribution is -0.385. The summed E-state index contributed by atoms with van der Waals surface area (Å²) in [6.45, 7) is 0. The van der Waals surface area contributed by atoms with Crippen LogP contribution in [0.3, 0.4) is 0 Å². The van der Waals surface area contributed by atoms with Crippen molar-refractivity contribution in [2.24, 2.45) is 4.36 Å². The van der Waals surface area contributed by atoms with Gasteiger partial charge in [-0.25, -0.2) is 4.79 Å². The van der Waals surface area contributed by atoms with E-state index in [1.54, 1.807) is 0 Å². The van der Waals surface area contributed by atoms with Crippen LogP contribution in [0.1, 0.15) is 0 Å². The van der Waals surface area contributed by atoms with Crippen LogP contribution in [0.15, 0.2) is 28.6 Å². The summed E-state index contributed by atoms with van der Waals surface area (Å²) < 4.78 is 26.9. The number of ether oxygens (including phenoxy) is 1. The largest absolute Gasteiger partial charge is 0.454 e. The van der Waals surface area contributed by atoms with Crippen molar-refractivity contribution < 1.29 is 22.9 Å². The van der Waals surface area contributed by atoms with E-state index in [2.05, 4.69) is 9.10 Å². The fourth-order valence-corrected chi connectivity index (χ4v) is 1.03. The maximum atomic E-state index is 10.8. The van der Waals surface area contributed by atoms with Gasteiger partial charge in [0.15, 0.2) is 0 Å². The Morgan fingerprint density at radius 3 is 2.56 bits per heavy atom. The third-order valence-electron chi connectivity index (χ3n) is 1.41. The molecule has 1 aromatic rings. The summed E-state index contributed by atoms with van der Waals surface area (Å²) in [4.78, 5) is 20.5. The Bertz CT molecular complexity index is 556. The molecule has 84 valence electrons. The van der Waals surface area contributed by atoms with Crippen LogP contribution in [0.4, 0.5) is 10.5 Å². The Kier molecular flexibility index (Phi) is 3.67. The van der Waals surface area contributed by atoms with Crippen LogP contribution in [0.25, 0.3) is 0 Å². The van der Waals surface area contributed by atoms with Crippen molar-refractivity contribution in [1.29, 1.82) is 0 Å². The van der Waals surface area contributed by atoms with Gasteiger partial charge in [0, 0.05) is 6.07 Å². The molecule has 1 aromatic carbocycles. The molecular weight excluding hydrogens is 240 g/mol. The molecule has 0 fully saturated rings. The summed E-state index contributed by atoms with van der Waals surface area (Å²) in [7, 11) is -2.96. The van der Waals surface area contributed by atoms with E-state index in [9.17, 15) is 23.3 Å². The van der Waals surface area contributed by atoms with Gasteiger partial charge >= 0.3 is 22.3 Å². The topological polar surface area (TPSA) is 116 Å². The van der Waals surface area contributed by atoms with Gasteiger partial charge in [0.25, 0.3) is 0 Å². The van der Waals surface area contributed by atoms with E-state index >= 15 is 0 Å². The monoisotopic (exact) mass is 244 g/mol. The second kappa shape index (κ2) is 4.98. The van der Waals surface area contributed by atoms with E-state index in [0.29, 0.717) is 0 Å². The van der Waals surface area contributed by atoms with Gasteiger partial charge in [0.1, 0.15) is 0 Å². The second-order valence-corrected chi connectivity index (χ2v) is 3.02. The van der Waals surface area contributed by atoms with Crippen molar-refractivity contribution in [3.05, 3.63) is 34.4 Å². The number of carbonyl (C=O) groups is 1. The predicted octanol–water partition coefficient (Wildman–Crippen LogP) is 1.16. The molecule has 0 aliphatic rings. The average Bonchev–Trinajstić information content (AvgIpc) is 2.16. The fourth-order valence-electron chi connectivity index (χ4n) is 0.868. The summed E-state index contributed by atoms with van der Waals surface area (Å²) in [6.07, 6.45) is -1.44. The predicted molar refractivity (Wildman–Crippen MR) is 50.5 cm³/mol. The first-order valence-electron chi connectivity index (χ1n) is 3.77. The summed E-state index contributed by atoms with van der Waals surface area (Å²) in [6, 6.07) is 5.03. The van der Waals surface area contributed by atoms with E-state index in [0.717, 1.165) is 12.1 Å². The normalized spacial score (nSPS) is 9.25. The van der Waals surface area contributed by atoms with Gasteiger partial charge in [0.2, 0.25) is 5.75 Å². The van der Waals surface area contributed by atoms with Gasteiger partial charge in [0.05, 0.1) is 4.92 Å². The molecule has 0 aliphatic carbocycles. The van der Waals surface area contributed by atoms with Gasteiger partial charge in [-0.2, -0.15) is 8.42 Å². The number of benzene rings is 1. The highest BCUT2D eigenvalue weighted by atomic mass is 32.2. The van der Waals surface area contributed by atoms with Gasteiger partial charge < -0.3 is 4.74 Å². The third-order valence-corrected chi connectivity index (χ3v) is 1.71. The van der Waals surface area contributed by atoms with E-state index in [1.165, 1.54) is 12.1 Å². The molecule has 0 heterocycles. The summed E-state index contributed by atoms with van der Waals surface area (Å²) in [5.41, 5.74) is -0.456. The number of para-hydroxylation sites is 2. The van der Waals surface area contributed by atoms with Crippen molar-refractivity contribution in [2.75, 3.05) is 0 Å². The lowest BCUT2D eigenvalue weighted by Gasteiger charge is -1.99. The Morgan fingerprint density at radius 1 is 1.38 bits per heavy atom. The highest BCUT2D eigenvalue weighted by Gasteiger charge is 2.16. The zero-order valence-corrected chi connectivity index (χ0v) is 8.38. The number of carbonyl (C=O) groups excluding carboxylic acids is 1. The van der Waals surface area contributed by atoms with Crippen LogP contribution >= 0.6 is 0 Å². The Morgan fingerprint density at radius 2 is 2.00 bits per heavy atom. The highest BCUT2D eigenvalue weighted by molar-refractivity contribution is 7.62. The Labute approximate surface area is 90.3 Å². The maximum absolute atomic E-state index is 10.8. The standard InChI is InChI=1S/C7H4N2O6S/c10-7(8-16(13)14)15-6-4-2-1-3-5(6)9(11)12/h1-4H. The second-order valence-electron chi connectivity index (χ2n) is 2.40. The number of hydrogen-bond acceptors (Lipinski definition) is 6. The molecule has 0 bridgehead atoms. The first kappa shape index (κ1) is 11.8. The molecule has 0 radical (unpaired) electrons. The fraction of sp³-hybridized carbons (Fsp3) is 0. The Balaban J connectivity index is 3.02. The van der Waals surface area contributed by atoms with Crippen LogP contribution in [0, 0.1) is 10.1 Å². The minimum Gasteiger partial charge on any atom is -0.401 e. The molecule has 16 heavy (non-hydrogen) atoms. The SMILES string of the molecule is O=C(N=S(=O)=O)Oc1ccccc1[N+](=O)[O-]. The number of rotatable bonds is 2. The number of amides is 1. The van der Waals surface area contributed by atoms with Crippen molar-refractivity contribution in [3.8, 4) is 5.75 Å². The van der Waals surface area contributed by atoms with Gasteiger partial charge in [-0.15, -0.1) is 0 Å². The molecule has 0 unspecified atom stereocenters. The van der Waals surface area contributed by atoms with Crippen LogP contribution in [0.5, 0.6) is 5.75 Å². The maximum Gasteiger partial charge on any atom is 0.454 e. The zero-order valence-electron chi connectivity index (χ0n) is 7.56. The quantitative estimate of drug-likeness (QED) is 0.569. The molecule has 0 saturated heterocycles. The molecule has 1 amide bonds. The molecule has 0 aliphatic heterocycles. The molecule has 0 aromatic heterocycles. The van der Waals surface area contributed by atoms with Crippen molar-refractivity contribution in [3.63, 3.8) is 0 Å². The molecule has 0 spiro atoms. The molecule has 0 N–H and O–H groups in total. The summed E-state index contributed by atoms with van der Waals surface area (Å²) >= 11 is 0. The minimum atomic E-state index is -2.96. The third kappa shape index (κ3) is 3.13. The van der Waals surface area contributed by atoms with Gasteiger partial charge in [-0.05, 0) is 6.07 Å². The summed E-state index contributed by atoms with van der Waals surface area (Å²) in [5, 5.41) is 10.5. The highest BCUT2D eigenvalue weighted by Crippen LogP contribution is 2.25. The van der Waals surface area contributed by atoms with Gasteiger partial charge in [-0.1, -0.05) is 16.5 Å². The molecule has 1 rings (SSSR count). The van der Waals surface area contributed by atoms with E-state index in [-0.39, 0.29) is 5.75 Å². The van der Waals surface area contributed by atoms with E-state index < -0.39 is 27.2 Å². The number of nitro benzene ring substituents is 1. The van der Waals surface area contributed by atoms with Gasteiger partial charge in [-0.3, -0.25) is 10.1 Å².